The zero-order chi connectivity index (χ0) is 16.2. The first-order valence-corrected chi connectivity index (χ1v) is 8.24. The van der Waals surface area contributed by atoms with E-state index >= 15 is 0 Å². The van der Waals surface area contributed by atoms with Crippen LogP contribution < -0.4 is 21.7 Å². The van der Waals surface area contributed by atoms with Gasteiger partial charge in [0.2, 0.25) is 5.91 Å². The van der Waals surface area contributed by atoms with Gasteiger partial charge in [-0.2, -0.15) is 0 Å². The fourth-order valence-electron chi connectivity index (χ4n) is 3.44. The first-order valence-electron chi connectivity index (χ1n) is 8.24. The molecule has 1 aliphatic carbocycles. The lowest BCUT2D eigenvalue weighted by Crippen LogP contribution is -2.36. The highest BCUT2D eigenvalue weighted by atomic mass is 16.1. The van der Waals surface area contributed by atoms with E-state index in [1.54, 1.807) is 6.20 Å². The largest absolute Gasteiger partial charge is 0.370 e. The Kier molecular flexibility index (Phi) is 4.64. The summed E-state index contributed by atoms with van der Waals surface area (Å²) in [5, 5.41) is 16.4. The Balaban J connectivity index is 1.52. The molecule has 124 valence electrons. The highest BCUT2D eigenvalue weighted by Crippen LogP contribution is 2.31. The number of pyridine rings is 1. The van der Waals surface area contributed by atoms with Crippen LogP contribution in [0.25, 0.3) is 0 Å². The van der Waals surface area contributed by atoms with E-state index in [2.05, 4.69) is 20.9 Å². The number of guanidine groups is 1. The number of hydrogen-bond acceptors (Lipinski definition) is 4. The zero-order valence-corrected chi connectivity index (χ0v) is 13.2. The minimum Gasteiger partial charge on any atom is -0.370 e. The molecule has 7 heteroatoms. The maximum atomic E-state index is 12.5. The Labute approximate surface area is 135 Å². The van der Waals surface area contributed by atoms with Gasteiger partial charge in [0.25, 0.3) is 0 Å². The van der Waals surface area contributed by atoms with Crippen molar-refractivity contribution in [3.8, 4) is 0 Å². The first kappa shape index (κ1) is 15.6. The second-order valence-corrected chi connectivity index (χ2v) is 6.36. The van der Waals surface area contributed by atoms with Crippen LogP contribution in [0.1, 0.15) is 31.2 Å². The Bertz CT molecular complexity index is 594. The maximum absolute atomic E-state index is 12.5. The predicted octanol–water partition coefficient (Wildman–Crippen LogP) is 1.28. The van der Waals surface area contributed by atoms with Crippen LogP contribution in [0.5, 0.6) is 0 Å². The van der Waals surface area contributed by atoms with Crippen molar-refractivity contribution < 1.29 is 4.79 Å². The summed E-state index contributed by atoms with van der Waals surface area (Å²) in [7, 11) is 0. The molecular formula is C16H24N6O. The smallest absolute Gasteiger partial charge is 0.227 e. The third-order valence-electron chi connectivity index (χ3n) is 4.78. The minimum atomic E-state index is 0.0185. The van der Waals surface area contributed by atoms with E-state index in [9.17, 15) is 4.79 Å². The van der Waals surface area contributed by atoms with Crippen LogP contribution in [0.4, 0.5) is 11.5 Å². The monoisotopic (exact) mass is 316 g/mol. The Hall–Kier alpha value is -2.31. The van der Waals surface area contributed by atoms with Gasteiger partial charge in [-0.3, -0.25) is 10.2 Å². The molecule has 2 heterocycles. The van der Waals surface area contributed by atoms with Crippen LogP contribution in [0.2, 0.25) is 0 Å². The standard InChI is InChI=1S/C16H24N6O/c17-16(18)21-9-10-1-3-11(4-2-10)15(23)22-13-6-8-20-14-12(13)5-7-19-14/h6,8,10-11H,1-5,7,9H2,(H4,17,18,21)(H2,19,20,22,23)/t10-,11-. The fourth-order valence-corrected chi connectivity index (χ4v) is 3.44. The SMILES string of the molecule is N=C(N)NC[C@H]1CC[C@H](C(=O)Nc2ccnc3c2CCN3)CC1. The Morgan fingerprint density at radius 2 is 2.17 bits per heavy atom. The van der Waals surface area contributed by atoms with E-state index in [-0.39, 0.29) is 17.8 Å². The van der Waals surface area contributed by atoms with E-state index in [1.165, 1.54) is 0 Å². The summed E-state index contributed by atoms with van der Waals surface area (Å²) in [5.74, 6) is 1.59. The van der Waals surface area contributed by atoms with Crippen LogP contribution in [0.3, 0.4) is 0 Å². The predicted molar refractivity (Wildman–Crippen MR) is 90.4 cm³/mol. The lowest BCUT2D eigenvalue weighted by molar-refractivity contribution is -0.121. The van der Waals surface area contributed by atoms with E-state index in [1.807, 2.05) is 6.07 Å². The number of hydrogen-bond donors (Lipinski definition) is 5. The summed E-state index contributed by atoms with van der Waals surface area (Å²) in [5.41, 5.74) is 7.32. The lowest BCUT2D eigenvalue weighted by Gasteiger charge is -2.28. The van der Waals surface area contributed by atoms with E-state index in [4.69, 9.17) is 11.1 Å². The molecule has 1 aromatic heterocycles. The molecule has 1 amide bonds. The van der Waals surface area contributed by atoms with Crippen LogP contribution in [-0.2, 0) is 11.2 Å². The number of fused-ring (bicyclic) bond motifs is 1. The minimum absolute atomic E-state index is 0.0185. The summed E-state index contributed by atoms with van der Waals surface area (Å²) in [6, 6.07) is 1.88. The van der Waals surface area contributed by atoms with Gasteiger partial charge in [-0.1, -0.05) is 0 Å². The van der Waals surface area contributed by atoms with Crippen LogP contribution >= 0.6 is 0 Å². The van der Waals surface area contributed by atoms with Crippen molar-refractivity contribution in [2.45, 2.75) is 32.1 Å². The van der Waals surface area contributed by atoms with Gasteiger partial charge in [-0.05, 0) is 44.1 Å². The molecule has 0 aromatic carbocycles. The summed E-state index contributed by atoms with van der Waals surface area (Å²) in [4.78, 5) is 16.8. The van der Waals surface area contributed by atoms with Gasteiger partial charge in [0.1, 0.15) is 5.82 Å². The number of aromatic nitrogens is 1. The van der Waals surface area contributed by atoms with Crippen molar-refractivity contribution in [1.82, 2.24) is 10.3 Å². The first-order chi connectivity index (χ1) is 11.1. The summed E-state index contributed by atoms with van der Waals surface area (Å²) in [6.07, 6.45) is 6.41. The molecular weight excluding hydrogens is 292 g/mol. The Morgan fingerprint density at radius 3 is 2.91 bits per heavy atom. The average Bonchev–Trinajstić information content (AvgIpc) is 3.03. The third kappa shape index (κ3) is 3.72. The van der Waals surface area contributed by atoms with Crippen molar-refractivity contribution >= 4 is 23.4 Å². The summed E-state index contributed by atoms with van der Waals surface area (Å²) in [6.45, 7) is 1.61. The molecule has 0 atom stereocenters. The van der Waals surface area contributed by atoms with Gasteiger partial charge in [0.15, 0.2) is 5.96 Å². The van der Waals surface area contributed by atoms with E-state index in [0.717, 1.165) is 62.3 Å². The number of carbonyl (C=O) groups is 1. The lowest BCUT2D eigenvalue weighted by atomic mass is 9.81. The molecule has 6 N–H and O–H groups in total. The zero-order valence-electron chi connectivity index (χ0n) is 13.2. The molecule has 0 spiro atoms. The van der Waals surface area contributed by atoms with Crippen LogP contribution in [-0.4, -0.2) is 29.9 Å². The highest BCUT2D eigenvalue weighted by molar-refractivity contribution is 5.94. The summed E-state index contributed by atoms with van der Waals surface area (Å²) >= 11 is 0. The topological polar surface area (TPSA) is 116 Å². The van der Waals surface area contributed by atoms with Gasteiger partial charge >= 0.3 is 0 Å². The molecule has 1 fully saturated rings. The average molecular weight is 316 g/mol. The summed E-state index contributed by atoms with van der Waals surface area (Å²) < 4.78 is 0. The van der Waals surface area contributed by atoms with Gasteiger partial charge in [0.05, 0.1) is 0 Å². The molecule has 1 aromatic rings. The van der Waals surface area contributed by atoms with Crippen LogP contribution in [0, 0.1) is 17.2 Å². The van der Waals surface area contributed by atoms with Crippen molar-refractivity contribution in [2.24, 2.45) is 17.6 Å². The van der Waals surface area contributed by atoms with E-state index < -0.39 is 0 Å². The molecule has 0 bridgehead atoms. The van der Waals surface area contributed by atoms with E-state index in [0.29, 0.717) is 5.92 Å². The number of nitrogens with two attached hydrogens (primary N) is 1. The maximum Gasteiger partial charge on any atom is 0.227 e. The number of amides is 1. The van der Waals surface area contributed by atoms with Gasteiger partial charge in [-0.15, -0.1) is 0 Å². The second-order valence-electron chi connectivity index (χ2n) is 6.36. The molecule has 2 aliphatic rings. The van der Waals surface area contributed by atoms with Crippen molar-refractivity contribution in [3.63, 3.8) is 0 Å². The molecule has 7 nitrogen and oxygen atoms in total. The fraction of sp³-hybridized carbons (Fsp3) is 0.562. The number of carbonyl (C=O) groups excluding carboxylic acids is 1. The molecule has 3 rings (SSSR count). The number of anilines is 2. The van der Waals surface area contributed by atoms with Gasteiger partial charge in [-0.25, -0.2) is 4.98 Å². The van der Waals surface area contributed by atoms with Crippen molar-refractivity contribution in [1.29, 1.82) is 5.41 Å². The van der Waals surface area contributed by atoms with Crippen LogP contribution in [0.15, 0.2) is 12.3 Å². The number of rotatable bonds is 4. The quantitative estimate of drug-likeness (QED) is 0.424. The molecule has 0 radical (unpaired) electrons. The molecule has 1 aliphatic heterocycles. The van der Waals surface area contributed by atoms with Crippen molar-refractivity contribution in [3.05, 3.63) is 17.8 Å². The normalized spacial score (nSPS) is 22.8. The third-order valence-corrected chi connectivity index (χ3v) is 4.78. The van der Waals surface area contributed by atoms with Gasteiger partial charge < -0.3 is 21.7 Å². The second kappa shape index (κ2) is 6.85. The number of nitrogens with zero attached hydrogens (tertiary/aromatic N) is 1. The molecule has 23 heavy (non-hydrogen) atoms. The van der Waals surface area contributed by atoms with Crippen molar-refractivity contribution in [2.75, 3.05) is 23.7 Å². The van der Waals surface area contributed by atoms with Gasteiger partial charge in [0, 0.05) is 36.5 Å². The molecule has 0 unspecified atom stereocenters. The molecule has 0 saturated heterocycles. The highest BCUT2D eigenvalue weighted by Gasteiger charge is 2.27. The Morgan fingerprint density at radius 1 is 1.39 bits per heavy atom. The number of nitrogens with one attached hydrogen (secondary N) is 4. The molecule has 1 saturated carbocycles.